The Hall–Kier alpha value is -2.91. The predicted molar refractivity (Wildman–Crippen MR) is 108 cm³/mol. The lowest BCUT2D eigenvalue weighted by Crippen LogP contribution is -2.54. The average Bonchev–Trinajstić information content (AvgIpc) is 3.05. The largest absolute Gasteiger partial charge is 0.330 e. The number of urea groups is 1. The van der Waals surface area contributed by atoms with Gasteiger partial charge in [0, 0.05) is 5.54 Å². The molecule has 2 aromatic rings. The molecule has 0 unspecified atom stereocenters. The first-order valence-electron chi connectivity index (χ1n) is 9.67. The van der Waals surface area contributed by atoms with Crippen molar-refractivity contribution in [2.24, 2.45) is 0 Å². The molecule has 28 heavy (non-hydrogen) atoms. The zero-order valence-electron chi connectivity index (χ0n) is 16.4. The number of carbonyl (C=O) groups is 1. The smallest absolute Gasteiger partial charge is 0.322 e. The van der Waals surface area contributed by atoms with E-state index in [1.165, 1.54) is 5.56 Å². The minimum absolute atomic E-state index is 0.000652. The normalized spacial score (nSPS) is 27.1. The molecule has 2 fully saturated rings. The van der Waals surface area contributed by atoms with Crippen LogP contribution in [0.2, 0.25) is 0 Å². The number of benzene rings is 1. The Morgan fingerprint density at radius 1 is 1.11 bits per heavy atom. The summed E-state index contributed by atoms with van der Waals surface area (Å²) in [6.07, 6.45) is 5.43. The van der Waals surface area contributed by atoms with Crippen molar-refractivity contribution in [2.75, 3.05) is 25.5 Å². The van der Waals surface area contributed by atoms with Gasteiger partial charge in [0.05, 0.1) is 24.0 Å². The molecule has 1 saturated heterocycles. The maximum atomic E-state index is 12.7. The first kappa shape index (κ1) is 18.5. The van der Waals surface area contributed by atoms with Crippen molar-refractivity contribution in [3.05, 3.63) is 59.9 Å². The Labute approximate surface area is 165 Å². The van der Waals surface area contributed by atoms with Gasteiger partial charge >= 0.3 is 6.03 Å². The van der Waals surface area contributed by atoms with Crippen LogP contribution in [-0.2, 0) is 5.54 Å². The molecule has 2 heterocycles. The van der Waals surface area contributed by atoms with E-state index in [1.807, 2.05) is 6.07 Å². The second-order valence-corrected chi connectivity index (χ2v) is 8.10. The van der Waals surface area contributed by atoms with E-state index < -0.39 is 0 Å². The first-order chi connectivity index (χ1) is 13.5. The standard InChI is InChI=1S/C22H25N5O/c1-26(2)22(17-6-4-3-5-7-17)12-10-21(11-13-22)16-27(20(28)25-21)19-9-8-18(14-23)24-15-19/h3-9,15H,10-13,16H2,1-2H3,(H,25,28)/t21-,22+. The number of hydrogen-bond donors (Lipinski definition) is 1. The lowest BCUT2D eigenvalue weighted by molar-refractivity contribution is 0.0658. The molecule has 6 nitrogen and oxygen atoms in total. The summed E-state index contributed by atoms with van der Waals surface area (Å²) in [6, 6.07) is 16.0. The Morgan fingerprint density at radius 2 is 1.82 bits per heavy atom. The SMILES string of the molecule is CN(C)[C@]1(c2ccccc2)CC[C@]2(CC1)CN(c1ccc(C#N)nc1)C(=O)N2. The van der Waals surface area contributed by atoms with E-state index in [2.05, 4.69) is 59.6 Å². The molecule has 6 heteroatoms. The second-order valence-electron chi connectivity index (χ2n) is 8.10. The highest BCUT2D eigenvalue weighted by atomic mass is 16.2. The topological polar surface area (TPSA) is 72.3 Å². The maximum absolute atomic E-state index is 12.7. The highest BCUT2D eigenvalue weighted by Crippen LogP contribution is 2.46. The lowest BCUT2D eigenvalue weighted by atomic mass is 9.69. The van der Waals surface area contributed by atoms with Crippen LogP contribution in [0.4, 0.5) is 10.5 Å². The van der Waals surface area contributed by atoms with Crippen molar-refractivity contribution in [2.45, 2.75) is 36.8 Å². The van der Waals surface area contributed by atoms with Crippen molar-refractivity contribution < 1.29 is 4.79 Å². The van der Waals surface area contributed by atoms with E-state index in [-0.39, 0.29) is 17.1 Å². The maximum Gasteiger partial charge on any atom is 0.322 e. The first-order valence-corrected chi connectivity index (χ1v) is 9.67. The van der Waals surface area contributed by atoms with Crippen LogP contribution < -0.4 is 10.2 Å². The number of amides is 2. The molecule has 4 rings (SSSR count). The fourth-order valence-corrected chi connectivity index (χ4v) is 4.70. The van der Waals surface area contributed by atoms with E-state index in [1.54, 1.807) is 23.2 Å². The number of nitriles is 1. The zero-order chi connectivity index (χ0) is 19.8. The molecule has 1 saturated carbocycles. The molecule has 0 bridgehead atoms. The van der Waals surface area contributed by atoms with E-state index in [4.69, 9.17) is 5.26 Å². The monoisotopic (exact) mass is 375 g/mol. The van der Waals surface area contributed by atoms with Gasteiger partial charge in [-0.15, -0.1) is 0 Å². The van der Waals surface area contributed by atoms with Crippen molar-refractivity contribution in [1.82, 2.24) is 15.2 Å². The molecule has 1 aromatic heterocycles. The number of hydrogen-bond acceptors (Lipinski definition) is 4. The van der Waals surface area contributed by atoms with E-state index in [9.17, 15) is 4.79 Å². The summed E-state index contributed by atoms with van der Waals surface area (Å²) in [5.41, 5.74) is 2.22. The quantitative estimate of drug-likeness (QED) is 0.894. The number of anilines is 1. The van der Waals surface area contributed by atoms with Crippen molar-refractivity contribution in [3.8, 4) is 6.07 Å². The minimum Gasteiger partial charge on any atom is -0.330 e. The fourth-order valence-electron chi connectivity index (χ4n) is 4.70. The van der Waals surface area contributed by atoms with Gasteiger partial charge in [-0.2, -0.15) is 5.26 Å². The van der Waals surface area contributed by atoms with Gasteiger partial charge in [-0.05, 0) is 57.5 Å². The highest BCUT2D eigenvalue weighted by molar-refractivity contribution is 5.95. The van der Waals surface area contributed by atoms with Crippen LogP contribution in [0.3, 0.4) is 0 Å². The summed E-state index contributed by atoms with van der Waals surface area (Å²) < 4.78 is 0. The van der Waals surface area contributed by atoms with Crippen LogP contribution in [0.15, 0.2) is 48.7 Å². The van der Waals surface area contributed by atoms with Gasteiger partial charge in [0.2, 0.25) is 0 Å². The lowest BCUT2D eigenvalue weighted by Gasteiger charge is -2.48. The number of carbonyl (C=O) groups excluding carboxylic acids is 1. The Morgan fingerprint density at radius 3 is 2.39 bits per heavy atom. The Bertz CT molecular complexity index is 893. The fraction of sp³-hybridized carbons (Fsp3) is 0.409. The molecular weight excluding hydrogens is 350 g/mol. The van der Waals surface area contributed by atoms with Crippen LogP contribution >= 0.6 is 0 Å². The van der Waals surface area contributed by atoms with E-state index in [0.717, 1.165) is 31.4 Å². The van der Waals surface area contributed by atoms with Crippen molar-refractivity contribution >= 4 is 11.7 Å². The van der Waals surface area contributed by atoms with Crippen LogP contribution in [0.25, 0.3) is 0 Å². The van der Waals surface area contributed by atoms with Gasteiger partial charge in [0.25, 0.3) is 0 Å². The third-order valence-electron chi connectivity index (χ3n) is 6.45. The van der Waals surface area contributed by atoms with Crippen LogP contribution in [0, 0.1) is 11.3 Å². The molecule has 1 N–H and O–H groups in total. The third kappa shape index (κ3) is 3.02. The molecule has 0 radical (unpaired) electrons. The number of rotatable bonds is 3. The van der Waals surface area contributed by atoms with Crippen LogP contribution in [0.1, 0.15) is 36.9 Å². The molecule has 0 atom stereocenters. The third-order valence-corrected chi connectivity index (χ3v) is 6.45. The molecule has 1 aliphatic carbocycles. The molecule has 1 aliphatic heterocycles. The van der Waals surface area contributed by atoms with Crippen molar-refractivity contribution in [3.63, 3.8) is 0 Å². The minimum atomic E-state index is -0.209. The summed E-state index contributed by atoms with van der Waals surface area (Å²) in [7, 11) is 4.29. The molecule has 144 valence electrons. The summed E-state index contributed by atoms with van der Waals surface area (Å²) in [6.45, 7) is 0.637. The molecule has 2 amide bonds. The van der Waals surface area contributed by atoms with Gasteiger partial charge in [-0.3, -0.25) is 9.80 Å². The molecular formula is C22H25N5O. The average molecular weight is 375 g/mol. The zero-order valence-corrected chi connectivity index (χ0v) is 16.4. The summed E-state index contributed by atoms with van der Waals surface area (Å²) in [4.78, 5) is 20.9. The van der Waals surface area contributed by atoms with Gasteiger partial charge in [0.15, 0.2) is 0 Å². The van der Waals surface area contributed by atoms with Gasteiger partial charge in [-0.1, -0.05) is 30.3 Å². The van der Waals surface area contributed by atoms with E-state index >= 15 is 0 Å². The predicted octanol–water partition coefficient (Wildman–Crippen LogP) is 3.25. The Balaban J connectivity index is 1.54. The summed E-state index contributed by atoms with van der Waals surface area (Å²) in [5, 5.41) is 12.2. The highest BCUT2D eigenvalue weighted by Gasteiger charge is 2.50. The summed E-state index contributed by atoms with van der Waals surface area (Å²) in [5.74, 6) is 0. The van der Waals surface area contributed by atoms with Crippen LogP contribution in [0.5, 0.6) is 0 Å². The number of pyridine rings is 1. The molecule has 2 aliphatic rings. The Kier molecular flexibility index (Phi) is 4.56. The van der Waals surface area contributed by atoms with Gasteiger partial charge < -0.3 is 5.32 Å². The molecule has 1 spiro atoms. The number of nitrogens with zero attached hydrogens (tertiary/aromatic N) is 4. The van der Waals surface area contributed by atoms with E-state index in [0.29, 0.717) is 12.2 Å². The van der Waals surface area contributed by atoms with Crippen molar-refractivity contribution in [1.29, 1.82) is 5.26 Å². The molecule has 1 aromatic carbocycles. The number of nitrogens with one attached hydrogen (secondary N) is 1. The second kappa shape index (κ2) is 6.92. The number of aromatic nitrogens is 1. The summed E-state index contributed by atoms with van der Waals surface area (Å²) >= 11 is 0. The van der Waals surface area contributed by atoms with Crippen LogP contribution in [-0.4, -0.2) is 42.1 Å². The van der Waals surface area contributed by atoms with Gasteiger partial charge in [0.1, 0.15) is 11.8 Å². The van der Waals surface area contributed by atoms with Gasteiger partial charge in [-0.25, -0.2) is 9.78 Å².